The zero-order chi connectivity index (χ0) is 35.1. The molecule has 256 valence electrons. The third-order valence-electron chi connectivity index (χ3n) is 6.99. The maximum absolute atomic E-state index is 13.6. The van der Waals surface area contributed by atoms with Gasteiger partial charge in [-0.15, -0.1) is 0 Å². The number of carboxylic acid groups (broad SMARTS) is 1. The smallest absolute Gasteiger partial charge is 0.341 e. The van der Waals surface area contributed by atoms with E-state index in [1.807, 2.05) is 13.8 Å². The molecule has 2 aromatic rings. The van der Waals surface area contributed by atoms with Crippen molar-refractivity contribution in [3.05, 3.63) is 77.9 Å². The van der Waals surface area contributed by atoms with Crippen molar-refractivity contribution in [3.63, 3.8) is 0 Å². The van der Waals surface area contributed by atoms with E-state index in [-0.39, 0.29) is 43.2 Å². The number of amides is 5. The molecule has 1 aliphatic heterocycles. The van der Waals surface area contributed by atoms with E-state index in [0.717, 1.165) is 10.5 Å². The number of nitrogens with zero attached hydrogens (tertiary/aromatic N) is 1. The first-order valence-corrected chi connectivity index (χ1v) is 15.5. The van der Waals surface area contributed by atoms with Crippen molar-refractivity contribution in [3.8, 4) is 5.75 Å². The zero-order valence-electron chi connectivity index (χ0n) is 26.8. The van der Waals surface area contributed by atoms with E-state index in [2.05, 4.69) is 16.0 Å². The van der Waals surface area contributed by atoms with Crippen molar-refractivity contribution in [2.24, 2.45) is 5.92 Å². The SMILES string of the molecule is CC(C)COC(=O)[C@H](CCCCN1C(=O)C=CC1=O)NC(=O)[C@H](Cc1ccccc1)NC(=O)CNC(=O)c1cccc(OCC(=O)O)c1. The molecule has 0 aromatic heterocycles. The van der Waals surface area contributed by atoms with Gasteiger partial charge < -0.3 is 30.5 Å². The Bertz CT molecular complexity index is 1490. The number of benzene rings is 2. The molecule has 14 heteroatoms. The molecule has 14 nitrogen and oxygen atoms in total. The largest absolute Gasteiger partial charge is 0.482 e. The van der Waals surface area contributed by atoms with Gasteiger partial charge in [0.25, 0.3) is 17.7 Å². The predicted octanol–water partition coefficient (Wildman–Crippen LogP) is 1.39. The molecule has 5 amide bonds. The average Bonchev–Trinajstić information content (AvgIpc) is 3.39. The van der Waals surface area contributed by atoms with Crippen molar-refractivity contribution >= 4 is 41.5 Å². The van der Waals surface area contributed by atoms with Crippen LogP contribution in [0.5, 0.6) is 5.75 Å². The number of carboxylic acids is 1. The third kappa shape index (κ3) is 12.3. The number of imide groups is 1. The fourth-order valence-electron chi connectivity index (χ4n) is 4.58. The standard InChI is InChI=1S/C34H40N4O10/c1-22(2)20-48-34(46)26(13-6-7-16-38-29(40)14-15-30(38)41)37-33(45)27(17-23-9-4-3-5-10-23)36-28(39)19-35-32(44)24-11-8-12-25(18-24)47-21-31(42)43/h3-5,8-12,14-15,18,22,26-27H,6-7,13,16-17,19-21H2,1-2H3,(H,35,44)(H,36,39)(H,37,45)(H,42,43)/t26-,27-/m0/s1. The molecule has 1 aliphatic rings. The molecular weight excluding hydrogens is 624 g/mol. The zero-order valence-corrected chi connectivity index (χ0v) is 26.8. The highest BCUT2D eigenvalue weighted by molar-refractivity contribution is 6.12. The van der Waals surface area contributed by atoms with Crippen LogP contribution in [0.1, 0.15) is 49.0 Å². The fourth-order valence-corrected chi connectivity index (χ4v) is 4.58. The molecule has 0 saturated carbocycles. The number of nitrogens with one attached hydrogen (secondary N) is 3. The summed E-state index contributed by atoms with van der Waals surface area (Å²) in [4.78, 5) is 87.8. The van der Waals surface area contributed by atoms with Crippen LogP contribution in [0.15, 0.2) is 66.7 Å². The Morgan fingerprint density at radius 1 is 0.875 bits per heavy atom. The lowest BCUT2D eigenvalue weighted by Crippen LogP contribution is -2.54. The summed E-state index contributed by atoms with van der Waals surface area (Å²) in [6, 6.07) is 12.5. The lowest BCUT2D eigenvalue weighted by molar-refractivity contribution is -0.149. The second kappa shape index (κ2) is 18.6. The summed E-state index contributed by atoms with van der Waals surface area (Å²) < 4.78 is 10.5. The normalized spacial score (nSPS) is 13.5. The average molecular weight is 665 g/mol. The van der Waals surface area contributed by atoms with Gasteiger partial charge in [-0.05, 0) is 48.9 Å². The molecule has 0 saturated heterocycles. The number of rotatable bonds is 19. The van der Waals surface area contributed by atoms with Gasteiger partial charge in [0.2, 0.25) is 11.8 Å². The van der Waals surface area contributed by atoms with Crippen LogP contribution in [0.2, 0.25) is 0 Å². The lowest BCUT2D eigenvalue weighted by Gasteiger charge is -2.23. The molecule has 2 atom stereocenters. The number of hydrogen-bond donors (Lipinski definition) is 4. The molecule has 0 radical (unpaired) electrons. The second-order valence-corrected chi connectivity index (χ2v) is 11.4. The van der Waals surface area contributed by atoms with E-state index in [9.17, 15) is 33.6 Å². The van der Waals surface area contributed by atoms with Crippen molar-refractivity contribution in [1.82, 2.24) is 20.9 Å². The van der Waals surface area contributed by atoms with E-state index >= 15 is 0 Å². The molecule has 4 N–H and O–H groups in total. The van der Waals surface area contributed by atoms with Crippen LogP contribution < -0.4 is 20.7 Å². The maximum Gasteiger partial charge on any atom is 0.341 e. The second-order valence-electron chi connectivity index (χ2n) is 11.4. The molecule has 0 spiro atoms. The van der Waals surface area contributed by atoms with Crippen LogP contribution in [0.3, 0.4) is 0 Å². The Morgan fingerprint density at radius 2 is 1.58 bits per heavy atom. The first-order valence-electron chi connectivity index (χ1n) is 15.5. The Labute approximate surface area is 277 Å². The molecular formula is C34H40N4O10. The summed E-state index contributed by atoms with van der Waals surface area (Å²) in [6.45, 7) is 2.95. The van der Waals surface area contributed by atoms with Crippen molar-refractivity contribution in [2.45, 2.75) is 51.6 Å². The number of carbonyl (C=O) groups is 7. The van der Waals surface area contributed by atoms with Gasteiger partial charge >= 0.3 is 11.9 Å². The number of ether oxygens (including phenoxy) is 2. The molecule has 0 bridgehead atoms. The van der Waals surface area contributed by atoms with Gasteiger partial charge in [0.05, 0.1) is 13.2 Å². The molecule has 48 heavy (non-hydrogen) atoms. The summed E-state index contributed by atoms with van der Waals surface area (Å²) in [5.74, 6) is -4.40. The number of hydrogen-bond acceptors (Lipinski definition) is 9. The number of esters is 1. The summed E-state index contributed by atoms with van der Waals surface area (Å²) in [7, 11) is 0. The number of aliphatic carboxylic acids is 1. The van der Waals surface area contributed by atoms with Gasteiger partial charge in [0.15, 0.2) is 6.61 Å². The molecule has 0 unspecified atom stereocenters. The Hall–Kier alpha value is -5.53. The third-order valence-corrected chi connectivity index (χ3v) is 6.99. The highest BCUT2D eigenvalue weighted by Crippen LogP contribution is 2.14. The Morgan fingerprint density at radius 3 is 2.25 bits per heavy atom. The quantitative estimate of drug-likeness (QED) is 0.0967. The van der Waals surface area contributed by atoms with Crippen LogP contribution in [0, 0.1) is 5.92 Å². The highest BCUT2D eigenvalue weighted by atomic mass is 16.5. The van der Waals surface area contributed by atoms with Gasteiger partial charge in [-0.1, -0.05) is 50.2 Å². The Kier molecular flexibility index (Phi) is 14.3. The Balaban J connectivity index is 1.65. The van der Waals surface area contributed by atoms with E-state index in [1.54, 1.807) is 30.3 Å². The van der Waals surface area contributed by atoms with Crippen molar-refractivity contribution in [1.29, 1.82) is 0 Å². The number of unbranched alkanes of at least 4 members (excludes halogenated alkanes) is 1. The van der Waals surface area contributed by atoms with Crippen LogP contribution in [-0.2, 0) is 39.9 Å². The van der Waals surface area contributed by atoms with E-state index in [4.69, 9.17) is 14.6 Å². The summed E-state index contributed by atoms with van der Waals surface area (Å²) >= 11 is 0. The molecule has 1 heterocycles. The summed E-state index contributed by atoms with van der Waals surface area (Å²) in [6.07, 6.45) is 3.39. The van der Waals surface area contributed by atoms with Gasteiger partial charge in [-0.25, -0.2) is 9.59 Å². The molecule has 3 rings (SSSR count). The monoisotopic (exact) mass is 664 g/mol. The van der Waals surface area contributed by atoms with E-state index < -0.39 is 66.7 Å². The van der Waals surface area contributed by atoms with Crippen molar-refractivity contribution < 1.29 is 48.1 Å². The van der Waals surface area contributed by atoms with Crippen LogP contribution >= 0.6 is 0 Å². The van der Waals surface area contributed by atoms with Gasteiger partial charge in [0.1, 0.15) is 17.8 Å². The topological polar surface area (TPSA) is 198 Å². The fraction of sp³-hybridized carbons (Fsp3) is 0.382. The lowest BCUT2D eigenvalue weighted by atomic mass is 10.0. The predicted molar refractivity (Wildman–Crippen MR) is 171 cm³/mol. The van der Waals surface area contributed by atoms with Gasteiger partial charge in [0, 0.05) is 30.7 Å². The molecule has 0 aliphatic carbocycles. The minimum atomic E-state index is -1.18. The van der Waals surface area contributed by atoms with E-state index in [0.29, 0.717) is 12.8 Å². The van der Waals surface area contributed by atoms with Gasteiger partial charge in [-0.2, -0.15) is 0 Å². The minimum absolute atomic E-state index is 0.0464. The van der Waals surface area contributed by atoms with Crippen LogP contribution in [0.25, 0.3) is 0 Å². The summed E-state index contributed by atoms with van der Waals surface area (Å²) in [5, 5.41) is 16.6. The van der Waals surface area contributed by atoms with E-state index in [1.165, 1.54) is 36.4 Å². The number of carbonyl (C=O) groups excluding carboxylic acids is 6. The maximum atomic E-state index is 13.6. The molecule has 0 fully saturated rings. The van der Waals surface area contributed by atoms with Crippen LogP contribution in [0.4, 0.5) is 0 Å². The van der Waals surface area contributed by atoms with Gasteiger partial charge in [-0.3, -0.25) is 28.9 Å². The van der Waals surface area contributed by atoms with Crippen LogP contribution in [-0.4, -0.2) is 89.9 Å². The minimum Gasteiger partial charge on any atom is -0.482 e. The summed E-state index contributed by atoms with van der Waals surface area (Å²) in [5.41, 5.74) is 0.856. The molecule has 2 aromatic carbocycles. The highest BCUT2D eigenvalue weighted by Gasteiger charge is 2.29. The first kappa shape index (κ1) is 36.9. The van der Waals surface area contributed by atoms with Crippen molar-refractivity contribution in [2.75, 3.05) is 26.3 Å². The first-order chi connectivity index (χ1) is 22.9.